The van der Waals surface area contributed by atoms with Gasteiger partial charge in [0.05, 0.1) is 0 Å². The van der Waals surface area contributed by atoms with E-state index < -0.39 is 8.30 Å². The molecule has 0 saturated heterocycles. The molecule has 0 aromatic rings. The Balaban J connectivity index is 4.55. The number of rotatable bonds is 6. The number of hydrogen-bond donors (Lipinski definition) is 0. The molecule has 14 heavy (non-hydrogen) atoms. The van der Waals surface area contributed by atoms with Crippen LogP contribution in [0.3, 0.4) is 0 Å². The number of hydrogen-bond acceptors (Lipinski definition) is 2. The maximum Gasteiger partial charge on any atom is 0.107 e. The van der Waals surface area contributed by atoms with Gasteiger partial charge in [-0.15, -0.1) is 0 Å². The topological polar surface area (TPSA) is 12.5 Å². The van der Waals surface area contributed by atoms with Crippen LogP contribution < -0.4 is 0 Å². The summed E-state index contributed by atoms with van der Waals surface area (Å²) in [7, 11) is -0.429. The van der Waals surface area contributed by atoms with Crippen LogP contribution in [0, 0.1) is 0 Å². The smallest absolute Gasteiger partial charge is 0.107 e. The molecule has 0 spiro atoms. The van der Waals surface area contributed by atoms with Crippen molar-refractivity contribution >= 4 is 8.30 Å². The highest BCUT2D eigenvalue weighted by Gasteiger charge is 2.27. The fourth-order valence-electron chi connectivity index (χ4n) is 1.67. The predicted octanol–water partition coefficient (Wildman–Crippen LogP) is 3.86. The first kappa shape index (κ1) is 14.3. The Labute approximate surface area is 90.9 Å². The van der Waals surface area contributed by atoms with Gasteiger partial charge in [0.25, 0.3) is 0 Å². The summed E-state index contributed by atoms with van der Waals surface area (Å²) < 4.78 is 8.38. The fourth-order valence-corrected chi connectivity index (χ4v) is 3.81. The lowest BCUT2D eigenvalue weighted by Gasteiger charge is -2.39. The predicted molar refractivity (Wildman–Crippen MR) is 65.8 cm³/mol. The molecular formula is C11H26NOP. The highest BCUT2D eigenvalue weighted by molar-refractivity contribution is 7.50. The molecule has 0 aliphatic rings. The second-order valence-corrected chi connectivity index (χ2v) is 6.74. The molecule has 3 heteroatoms. The molecule has 0 fully saturated rings. The minimum absolute atomic E-state index is 0.429. The van der Waals surface area contributed by atoms with Gasteiger partial charge in [-0.05, 0) is 34.6 Å². The van der Waals surface area contributed by atoms with Gasteiger partial charge in [0.1, 0.15) is 8.30 Å². The molecule has 0 aromatic heterocycles. The van der Waals surface area contributed by atoms with E-state index in [1.165, 1.54) is 0 Å². The van der Waals surface area contributed by atoms with Gasteiger partial charge in [-0.1, -0.05) is 13.8 Å². The van der Waals surface area contributed by atoms with Crippen LogP contribution in [0.15, 0.2) is 0 Å². The molecule has 0 saturated carbocycles. The molecule has 0 radical (unpaired) electrons. The zero-order chi connectivity index (χ0) is 11.3. The molecule has 86 valence electrons. The van der Waals surface area contributed by atoms with Crippen molar-refractivity contribution in [3.63, 3.8) is 0 Å². The molecule has 0 aliphatic carbocycles. The first-order chi connectivity index (χ1) is 6.41. The van der Waals surface area contributed by atoms with Gasteiger partial charge in [0, 0.05) is 24.3 Å². The monoisotopic (exact) mass is 219 g/mol. The fraction of sp³-hybridized carbons (Fsp3) is 1.00. The summed E-state index contributed by atoms with van der Waals surface area (Å²) in [6.45, 7) is 16.4. The normalized spacial score (nSPS) is 14.8. The largest absolute Gasteiger partial charge is 0.344 e. The van der Waals surface area contributed by atoms with Gasteiger partial charge in [0.15, 0.2) is 0 Å². The first-order valence-corrected chi connectivity index (χ1v) is 6.90. The van der Waals surface area contributed by atoms with Crippen molar-refractivity contribution in [3.8, 4) is 0 Å². The van der Waals surface area contributed by atoms with Crippen LogP contribution >= 0.6 is 8.30 Å². The molecule has 0 aliphatic heterocycles. The van der Waals surface area contributed by atoms with Crippen LogP contribution in [0.2, 0.25) is 0 Å². The van der Waals surface area contributed by atoms with Gasteiger partial charge in [0.2, 0.25) is 0 Å². The van der Waals surface area contributed by atoms with Gasteiger partial charge in [-0.25, -0.2) is 0 Å². The van der Waals surface area contributed by atoms with E-state index in [9.17, 15) is 0 Å². The van der Waals surface area contributed by atoms with Crippen molar-refractivity contribution in [2.45, 2.75) is 66.2 Å². The number of nitrogens with zero attached hydrogens (tertiary/aromatic N) is 1. The third-order valence-corrected chi connectivity index (χ3v) is 4.77. The van der Waals surface area contributed by atoms with Gasteiger partial charge < -0.3 is 4.52 Å². The molecule has 1 atom stereocenters. The van der Waals surface area contributed by atoms with E-state index in [0.29, 0.717) is 17.7 Å². The van der Waals surface area contributed by atoms with Crippen LogP contribution in [0.25, 0.3) is 0 Å². The Hall–Kier alpha value is 0.350. The van der Waals surface area contributed by atoms with Crippen LogP contribution in [0.4, 0.5) is 0 Å². The standard InChI is InChI=1S/C11H26NOP/c1-8-13-14(11(6)7)12(9(2)3)10(4)5/h9-11H,8H2,1-7H3. The van der Waals surface area contributed by atoms with Crippen molar-refractivity contribution in [1.82, 2.24) is 4.67 Å². The molecule has 0 amide bonds. The molecule has 2 nitrogen and oxygen atoms in total. The highest BCUT2D eigenvalue weighted by Crippen LogP contribution is 2.48. The van der Waals surface area contributed by atoms with E-state index in [2.05, 4.69) is 53.1 Å². The quantitative estimate of drug-likeness (QED) is 0.629. The lowest BCUT2D eigenvalue weighted by atomic mass is 10.3. The SMILES string of the molecule is CCOP(C(C)C)N(C(C)C)C(C)C. The molecule has 0 aromatic carbocycles. The highest BCUT2D eigenvalue weighted by atomic mass is 31.2. The van der Waals surface area contributed by atoms with E-state index in [1.54, 1.807) is 0 Å². The minimum Gasteiger partial charge on any atom is -0.344 e. The van der Waals surface area contributed by atoms with Gasteiger partial charge >= 0.3 is 0 Å². The Morgan fingerprint density at radius 2 is 1.43 bits per heavy atom. The minimum atomic E-state index is -0.429. The van der Waals surface area contributed by atoms with Crippen molar-refractivity contribution in [3.05, 3.63) is 0 Å². The molecule has 0 rings (SSSR count). The maximum atomic E-state index is 5.88. The van der Waals surface area contributed by atoms with Gasteiger partial charge in [-0.3, -0.25) is 4.67 Å². The average Bonchev–Trinajstić information content (AvgIpc) is 2.01. The third kappa shape index (κ3) is 4.25. The maximum absolute atomic E-state index is 5.88. The summed E-state index contributed by atoms with van der Waals surface area (Å²) in [5.74, 6) is 0. The van der Waals surface area contributed by atoms with Crippen LogP contribution in [0.5, 0.6) is 0 Å². The second kappa shape index (κ2) is 6.76. The molecule has 0 heterocycles. The van der Waals surface area contributed by atoms with E-state index in [1.807, 2.05) is 0 Å². The third-order valence-electron chi connectivity index (χ3n) is 1.99. The summed E-state index contributed by atoms with van der Waals surface area (Å²) in [5.41, 5.74) is 0.606. The summed E-state index contributed by atoms with van der Waals surface area (Å²) >= 11 is 0. The second-order valence-electron chi connectivity index (χ2n) is 4.38. The van der Waals surface area contributed by atoms with E-state index >= 15 is 0 Å². The molecule has 1 unspecified atom stereocenters. The molecular weight excluding hydrogens is 193 g/mol. The Morgan fingerprint density at radius 3 is 1.64 bits per heavy atom. The van der Waals surface area contributed by atoms with Crippen molar-refractivity contribution in [1.29, 1.82) is 0 Å². The summed E-state index contributed by atoms with van der Waals surface area (Å²) in [5, 5.41) is 0. The zero-order valence-corrected chi connectivity index (χ0v) is 11.6. The van der Waals surface area contributed by atoms with Crippen LogP contribution in [-0.2, 0) is 4.52 Å². The van der Waals surface area contributed by atoms with E-state index in [0.717, 1.165) is 6.61 Å². The van der Waals surface area contributed by atoms with Crippen molar-refractivity contribution in [2.24, 2.45) is 0 Å². The van der Waals surface area contributed by atoms with Crippen LogP contribution in [0.1, 0.15) is 48.5 Å². The Kier molecular flexibility index (Phi) is 6.93. The van der Waals surface area contributed by atoms with E-state index in [4.69, 9.17) is 4.52 Å². The van der Waals surface area contributed by atoms with Crippen LogP contribution in [-0.4, -0.2) is 29.0 Å². The van der Waals surface area contributed by atoms with Crippen molar-refractivity contribution < 1.29 is 4.52 Å². The summed E-state index contributed by atoms with van der Waals surface area (Å²) in [6.07, 6.45) is 0. The summed E-state index contributed by atoms with van der Waals surface area (Å²) in [6, 6.07) is 1.13. The Bertz CT molecular complexity index is 140. The molecule has 0 bridgehead atoms. The lowest BCUT2D eigenvalue weighted by molar-refractivity contribution is 0.257. The summed E-state index contributed by atoms with van der Waals surface area (Å²) in [4.78, 5) is 0. The average molecular weight is 219 g/mol. The molecule has 0 N–H and O–H groups in total. The first-order valence-electron chi connectivity index (χ1n) is 5.62. The zero-order valence-electron chi connectivity index (χ0n) is 10.7. The van der Waals surface area contributed by atoms with Gasteiger partial charge in [-0.2, -0.15) is 0 Å². The van der Waals surface area contributed by atoms with Crippen molar-refractivity contribution in [2.75, 3.05) is 6.61 Å². The Morgan fingerprint density at radius 1 is 1.00 bits per heavy atom. The van der Waals surface area contributed by atoms with E-state index in [-0.39, 0.29) is 0 Å². The lowest BCUT2D eigenvalue weighted by Crippen LogP contribution is -2.35.